The Labute approximate surface area is 196 Å². The van der Waals surface area contributed by atoms with Crippen molar-refractivity contribution in [2.24, 2.45) is 0 Å². The van der Waals surface area contributed by atoms with Gasteiger partial charge in [0, 0.05) is 34.8 Å². The maximum absolute atomic E-state index is 10.4. The summed E-state index contributed by atoms with van der Waals surface area (Å²) in [5, 5.41) is 10.4. The molecule has 5 aromatic rings. The Hall–Kier alpha value is -4.65. The normalized spacial score (nSPS) is 10.8. The smallest absolute Gasteiger partial charge is 0.219 e. The Balaban J connectivity index is 1.64. The van der Waals surface area contributed by atoms with Crippen LogP contribution in [0.4, 0.5) is 0 Å². The molecule has 0 radical (unpaired) electrons. The number of aromatic nitrogens is 5. The van der Waals surface area contributed by atoms with Gasteiger partial charge in [-0.25, -0.2) is 19.9 Å². The summed E-state index contributed by atoms with van der Waals surface area (Å²) in [5.74, 6) is 2.53. The Morgan fingerprint density at radius 3 is 2.09 bits per heavy atom. The van der Waals surface area contributed by atoms with Crippen LogP contribution in [0.2, 0.25) is 0 Å². The molecule has 7 nitrogen and oxygen atoms in total. The second kappa shape index (κ2) is 9.07. The zero-order valence-electron chi connectivity index (χ0n) is 18.7. The highest BCUT2D eigenvalue weighted by atomic mass is 16.5. The predicted octanol–water partition coefficient (Wildman–Crippen LogP) is 5.78. The highest BCUT2D eigenvalue weighted by Crippen LogP contribution is 2.31. The van der Waals surface area contributed by atoms with Crippen LogP contribution in [0.15, 0.2) is 85.1 Å². The van der Waals surface area contributed by atoms with Crippen LogP contribution < -0.4 is 4.74 Å². The van der Waals surface area contributed by atoms with E-state index in [1.165, 1.54) is 0 Å². The van der Waals surface area contributed by atoms with Crippen molar-refractivity contribution in [2.45, 2.75) is 13.8 Å². The van der Waals surface area contributed by atoms with E-state index in [4.69, 9.17) is 9.72 Å². The number of phenolic OH excluding ortho intramolecular Hbond substituents is 1. The lowest BCUT2D eigenvalue weighted by molar-refractivity contribution is 0.463. The van der Waals surface area contributed by atoms with Gasteiger partial charge >= 0.3 is 0 Å². The van der Waals surface area contributed by atoms with Crippen molar-refractivity contribution in [1.29, 1.82) is 0 Å². The first-order chi connectivity index (χ1) is 16.5. The third kappa shape index (κ3) is 4.59. The zero-order chi connectivity index (χ0) is 23.5. The number of hydrogen-bond acceptors (Lipinski definition) is 7. The molecule has 0 aliphatic rings. The van der Waals surface area contributed by atoms with Crippen molar-refractivity contribution in [3.05, 3.63) is 96.4 Å². The minimum atomic E-state index is 0.0972. The SMILES string of the molecule is Cc1cc(-c2nc(-c3cccc(Oc4ccccn4)c3)nc(-c3ccccc3O)n2)cc(C)n1. The second-order valence-electron chi connectivity index (χ2n) is 7.76. The summed E-state index contributed by atoms with van der Waals surface area (Å²) in [5.41, 5.74) is 3.83. The number of ether oxygens (including phenoxy) is 1. The zero-order valence-corrected chi connectivity index (χ0v) is 18.7. The summed E-state index contributed by atoms with van der Waals surface area (Å²) < 4.78 is 5.89. The molecule has 0 atom stereocenters. The van der Waals surface area contributed by atoms with Gasteiger partial charge in [-0.15, -0.1) is 0 Å². The third-order valence-electron chi connectivity index (χ3n) is 5.07. The van der Waals surface area contributed by atoms with Gasteiger partial charge in [-0.3, -0.25) is 4.98 Å². The van der Waals surface area contributed by atoms with Gasteiger partial charge in [0.25, 0.3) is 0 Å². The maximum atomic E-state index is 10.4. The minimum Gasteiger partial charge on any atom is -0.507 e. The number of rotatable bonds is 5. The fourth-order valence-electron chi connectivity index (χ4n) is 3.61. The Morgan fingerprint density at radius 1 is 0.647 bits per heavy atom. The van der Waals surface area contributed by atoms with Gasteiger partial charge in [0.15, 0.2) is 17.5 Å². The first-order valence-electron chi connectivity index (χ1n) is 10.7. The molecule has 3 heterocycles. The van der Waals surface area contributed by atoms with Gasteiger partial charge in [0.1, 0.15) is 11.5 Å². The summed E-state index contributed by atoms with van der Waals surface area (Å²) in [6.07, 6.45) is 1.68. The molecule has 1 N–H and O–H groups in total. The Kier molecular flexibility index (Phi) is 5.66. The molecule has 7 heteroatoms. The van der Waals surface area contributed by atoms with Crippen molar-refractivity contribution in [2.75, 3.05) is 0 Å². The summed E-state index contributed by atoms with van der Waals surface area (Å²) >= 11 is 0. The molecule has 0 spiro atoms. The number of aromatic hydroxyl groups is 1. The van der Waals surface area contributed by atoms with Crippen molar-refractivity contribution >= 4 is 0 Å². The lowest BCUT2D eigenvalue weighted by atomic mass is 10.1. The molecule has 5 rings (SSSR count). The standard InChI is InChI=1S/C27H21N5O2/c1-17-14-20(15-18(2)29-17)26-30-25(31-27(32-26)22-10-3-4-11-23(22)33)19-8-7-9-21(16-19)34-24-12-5-6-13-28-24/h3-16,33H,1-2H3. The molecule has 2 aromatic carbocycles. The van der Waals surface area contributed by atoms with Gasteiger partial charge < -0.3 is 9.84 Å². The number of phenols is 1. The minimum absolute atomic E-state index is 0.0972. The summed E-state index contributed by atoms with van der Waals surface area (Å²) in [4.78, 5) is 22.8. The fraction of sp³-hybridized carbons (Fsp3) is 0.0741. The predicted molar refractivity (Wildman–Crippen MR) is 129 cm³/mol. The van der Waals surface area contributed by atoms with E-state index in [0.29, 0.717) is 34.7 Å². The second-order valence-corrected chi connectivity index (χ2v) is 7.76. The lowest BCUT2D eigenvalue weighted by Gasteiger charge is -2.11. The summed E-state index contributed by atoms with van der Waals surface area (Å²) in [6, 6.07) is 23.8. The highest BCUT2D eigenvalue weighted by Gasteiger charge is 2.15. The molecule has 0 aliphatic heterocycles. The number of pyridine rings is 2. The molecule has 34 heavy (non-hydrogen) atoms. The Bertz CT molecular complexity index is 1450. The van der Waals surface area contributed by atoms with E-state index in [1.807, 2.05) is 68.4 Å². The number of benzene rings is 2. The van der Waals surface area contributed by atoms with E-state index >= 15 is 0 Å². The summed E-state index contributed by atoms with van der Waals surface area (Å²) in [7, 11) is 0. The first kappa shape index (κ1) is 21.2. The fourth-order valence-corrected chi connectivity index (χ4v) is 3.61. The molecule has 0 aliphatic carbocycles. The third-order valence-corrected chi connectivity index (χ3v) is 5.07. The van der Waals surface area contributed by atoms with E-state index in [9.17, 15) is 5.11 Å². The van der Waals surface area contributed by atoms with Gasteiger partial charge in [0.2, 0.25) is 5.88 Å². The quantitative estimate of drug-likeness (QED) is 0.365. The number of para-hydroxylation sites is 1. The van der Waals surface area contributed by atoms with Crippen LogP contribution in [-0.4, -0.2) is 30.0 Å². The molecule has 0 fully saturated rings. The van der Waals surface area contributed by atoms with Crippen LogP contribution in [-0.2, 0) is 0 Å². The van der Waals surface area contributed by atoms with E-state index in [-0.39, 0.29) is 5.75 Å². The topological polar surface area (TPSA) is 93.9 Å². The van der Waals surface area contributed by atoms with Crippen molar-refractivity contribution in [3.63, 3.8) is 0 Å². The average Bonchev–Trinajstić information content (AvgIpc) is 2.84. The van der Waals surface area contributed by atoms with Gasteiger partial charge in [0.05, 0.1) is 5.56 Å². The van der Waals surface area contributed by atoms with Crippen LogP contribution in [0.1, 0.15) is 11.4 Å². The molecule has 3 aromatic heterocycles. The molecule has 0 unspecified atom stereocenters. The van der Waals surface area contributed by atoms with Gasteiger partial charge in [-0.2, -0.15) is 0 Å². The maximum Gasteiger partial charge on any atom is 0.219 e. The van der Waals surface area contributed by atoms with Gasteiger partial charge in [-0.05, 0) is 56.3 Å². The number of nitrogens with zero attached hydrogens (tertiary/aromatic N) is 5. The first-order valence-corrected chi connectivity index (χ1v) is 10.7. The monoisotopic (exact) mass is 447 g/mol. The van der Waals surface area contributed by atoms with E-state index in [1.54, 1.807) is 30.5 Å². The van der Waals surface area contributed by atoms with Crippen LogP contribution in [0.25, 0.3) is 34.2 Å². The average molecular weight is 447 g/mol. The van der Waals surface area contributed by atoms with Crippen LogP contribution in [0.5, 0.6) is 17.4 Å². The molecule has 166 valence electrons. The molecule has 0 amide bonds. The Morgan fingerprint density at radius 2 is 1.35 bits per heavy atom. The highest BCUT2D eigenvalue weighted by molar-refractivity contribution is 5.70. The van der Waals surface area contributed by atoms with Crippen molar-refractivity contribution in [1.82, 2.24) is 24.9 Å². The van der Waals surface area contributed by atoms with Crippen LogP contribution in [0, 0.1) is 13.8 Å². The van der Waals surface area contributed by atoms with Crippen LogP contribution >= 0.6 is 0 Å². The molecular formula is C27H21N5O2. The molecule has 0 saturated carbocycles. The van der Waals surface area contributed by atoms with Gasteiger partial charge in [-0.1, -0.05) is 30.3 Å². The summed E-state index contributed by atoms with van der Waals surface area (Å²) in [6.45, 7) is 3.86. The number of aryl methyl sites for hydroxylation is 2. The van der Waals surface area contributed by atoms with E-state index in [0.717, 1.165) is 22.5 Å². The molecular weight excluding hydrogens is 426 g/mol. The van der Waals surface area contributed by atoms with Crippen LogP contribution in [0.3, 0.4) is 0 Å². The molecule has 0 saturated heterocycles. The van der Waals surface area contributed by atoms with Crippen molar-refractivity contribution < 1.29 is 9.84 Å². The lowest BCUT2D eigenvalue weighted by Crippen LogP contribution is -2.01. The van der Waals surface area contributed by atoms with E-state index < -0.39 is 0 Å². The van der Waals surface area contributed by atoms with E-state index in [2.05, 4.69) is 19.9 Å². The molecule has 0 bridgehead atoms. The largest absolute Gasteiger partial charge is 0.507 e. The number of hydrogen-bond donors (Lipinski definition) is 1. The van der Waals surface area contributed by atoms with Crippen molar-refractivity contribution in [3.8, 4) is 51.5 Å².